The normalized spacial score (nSPS) is 18.6. The zero-order valence-electron chi connectivity index (χ0n) is 11.8. The van der Waals surface area contributed by atoms with E-state index >= 15 is 0 Å². The van der Waals surface area contributed by atoms with Crippen LogP contribution in [0.15, 0.2) is 18.2 Å². The fourth-order valence-electron chi connectivity index (χ4n) is 3.49. The monoisotopic (exact) mass is 294 g/mol. The Balaban J connectivity index is 2.05. The highest BCUT2D eigenvalue weighted by Crippen LogP contribution is 2.35. The molecule has 1 atom stereocenters. The van der Waals surface area contributed by atoms with Crippen LogP contribution in [0.1, 0.15) is 50.9 Å². The third-order valence-electron chi connectivity index (χ3n) is 4.58. The molecule has 0 aliphatic heterocycles. The van der Waals surface area contributed by atoms with Crippen molar-refractivity contribution in [3.63, 3.8) is 0 Å². The Morgan fingerprint density at radius 2 is 2.10 bits per heavy atom. The molecule has 4 heteroatoms. The molecule has 0 amide bonds. The van der Waals surface area contributed by atoms with Crippen LogP contribution in [-0.4, -0.2) is 9.55 Å². The van der Waals surface area contributed by atoms with Crippen LogP contribution < -0.4 is 0 Å². The molecule has 1 aliphatic rings. The third kappa shape index (κ3) is 2.44. The van der Waals surface area contributed by atoms with Crippen molar-refractivity contribution in [2.24, 2.45) is 5.92 Å². The van der Waals surface area contributed by atoms with Gasteiger partial charge in [-0.1, -0.05) is 19.3 Å². The molecule has 20 heavy (non-hydrogen) atoms. The number of aromatic nitrogens is 2. The lowest BCUT2D eigenvalue weighted by Gasteiger charge is -2.30. The Labute approximate surface area is 123 Å². The predicted octanol–water partition coefficient (Wildman–Crippen LogP) is 5.06. The molecule has 1 aromatic carbocycles. The van der Waals surface area contributed by atoms with Crippen molar-refractivity contribution in [2.75, 3.05) is 0 Å². The van der Waals surface area contributed by atoms with Gasteiger partial charge in [0.05, 0.1) is 16.9 Å². The zero-order chi connectivity index (χ0) is 14.1. The first-order valence-electron chi connectivity index (χ1n) is 7.43. The van der Waals surface area contributed by atoms with Gasteiger partial charge in [0.25, 0.3) is 0 Å². The van der Waals surface area contributed by atoms with Crippen molar-refractivity contribution in [3.05, 3.63) is 29.8 Å². The van der Waals surface area contributed by atoms with Gasteiger partial charge in [-0.3, -0.25) is 0 Å². The number of fused-ring (bicyclic) bond motifs is 1. The minimum atomic E-state index is -0.212. The Bertz CT molecular complexity index is 602. The molecule has 0 saturated heterocycles. The van der Waals surface area contributed by atoms with Gasteiger partial charge >= 0.3 is 0 Å². The molecule has 1 heterocycles. The molecule has 0 bridgehead atoms. The molecule has 3 rings (SSSR count). The Kier molecular flexibility index (Phi) is 3.97. The largest absolute Gasteiger partial charge is 0.324 e. The highest BCUT2D eigenvalue weighted by atomic mass is 35.5. The number of hydrogen-bond donors (Lipinski definition) is 0. The standard InChI is InChI=1S/C16H20ClFN2/c1-11(12-5-3-2-4-6-12)20-15-9-13(18)7-8-14(15)19-16(20)10-17/h7-9,11-12H,2-6,10H2,1H3. The highest BCUT2D eigenvalue weighted by Gasteiger charge is 2.24. The summed E-state index contributed by atoms with van der Waals surface area (Å²) in [7, 11) is 0. The van der Waals surface area contributed by atoms with E-state index in [1.807, 2.05) is 0 Å². The molecule has 0 spiro atoms. The molecule has 1 fully saturated rings. The molecule has 1 unspecified atom stereocenters. The molecule has 1 aromatic heterocycles. The summed E-state index contributed by atoms with van der Waals surface area (Å²) in [6.45, 7) is 2.22. The fraction of sp³-hybridized carbons (Fsp3) is 0.562. The maximum absolute atomic E-state index is 13.6. The average molecular weight is 295 g/mol. The second-order valence-corrected chi connectivity index (χ2v) is 6.07. The molecular formula is C16H20ClFN2. The van der Waals surface area contributed by atoms with E-state index in [9.17, 15) is 4.39 Å². The summed E-state index contributed by atoms with van der Waals surface area (Å²) in [4.78, 5) is 4.55. The summed E-state index contributed by atoms with van der Waals surface area (Å²) < 4.78 is 15.7. The third-order valence-corrected chi connectivity index (χ3v) is 4.82. The maximum Gasteiger partial charge on any atom is 0.125 e. The molecule has 2 aromatic rings. The molecule has 108 valence electrons. The predicted molar refractivity (Wildman–Crippen MR) is 80.5 cm³/mol. The number of rotatable bonds is 3. The number of alkyl halides is 1. The Morgan fingerprint density at radius 3 is 2.80 bits per heavy atom. The van der Waals surface area contributed by atoms with E-state index in [1.165, 1.54) is 38.2 Å². The topological polar surface area (TPSA) is 17.8 Å². The summed E-state index contributed by atoms with van der Waals surface area (Å²) in [5, 5.41) is 0. The van der Waals surface area contributed by atoms with Gasteiger partial charge in [0.2, 0.25) is 0 Å². The Morgan fingerprint density at radius 1 is 1.35 bits per heavy atom. The van der Waals surface area contributed by atoms with Gasteiger partial charge in [-0.25, -0.2) is 9.37 Å². The van der Waals surface area contributed by atoms with Gasteiger partial charge < -0.3 is 4.57 Å². The molecule has 1 saturated carbocycles. The second-order valence-electron chi connectivity index (χ2n) is 5.80. The number of benzene rings is 1. The first-order chi connectivity index (χ1) is 9.70. The van der Waals surface area contributed by atoms with Crippen LogP contribution in [0.5, 0.6) is 0 Å². The van der Waals surface area contributed by atoms with E-state index in [1.54, 1.807) is 12.1 Å². The van der Waals surface area contributed by atoms with Gasteiger partial charge in [-0.2, -0.15) is 0 Å². The summed E-state index contributed by atoms with van der Waals surface area (Å²) in [6.07, 6.45) is 6.43. The van der Waals surface area contributed by atoms with E-state index in [0.717, 1.165) is 16.9 Å². The molecule has 0 N–H and O–H groups in total. The van der Waals surface area contributed by atoms with Crippen molar-refractivity contribution < 1.29 is 4.39 Å². The summed E-state index contributed by atoms with van der Waals surface area (Å²) >= 11 is 6.05. The van der Waals surface area contributed by atoms with Crippen LogP contribution >= 0.6 is 11.6 Å². The molecule has 0 radical (unpaired) electrons. The minimum Gasteiger partial charge on any atom is -0.324 e. The van der Waals surface area contributed by atoms with Crippen LogP contribution in [-0.2, 0) is 5.88 Å². The number of hydrogen-bond acceptors (Lipinski definition) is 1. The smallest absolute Gasteiger partial charge is 0.125 e. The molecule has 2 nitrogen and oxygen atoms in total. The summed E-state index contributed by atoms with van der Waals surface area (Å²) in [5.41, 5.74) is 1.71. The molecular weight excluding hydrogens is 275 g/mol. The number of imidazole rings is 1. The lowest BCUT2D eigenvalue weighted by molar-refractivity contribution is 0.265. The van der Waals surface area contributed by atoms with Crippen LogP contribution in [0.4, 0.5) is 4.39 Å². The van der Waals surface area contributed by atoms with E-state index < -0.39 is 0 Å². The van der Waals surface area contributed by atoms with E-state index in [-0.39, 0.29) is 5.82 Å². The van der Waals surface area contributed by atoms with Gasteiger partial charge in [0.15, 0.2) is 0 Å². The average Bonchev–Trinajstić information content (AvgIpc) is 2.85. The summed E-state index contributed by atoms with van der Waals surface area (Å²) in [5.74, 6) is 1.65. The van der Waals surface area contributed by atoms with Crippen LogP contribution in [0.2, 0.25) is 0 Å². The lowest BCUT2D eigenvalue weighted by atomic mass is 9.84. The SMILES string of the molecule is CC(C1CCCCC1)n1c(CCl)nc2ccc(F)cc21. The van der Waals surface area contributed by atoms with Crippen LogP contribution in [0.3, 0.4) is 0 Å². The fourth-order valence-corrected chi connectivity index (χ4v) is 3.68. The van der Waals surface area contributed by atoms with E-state index in [4.69, 9.17) is 11.6 Å². The quantitative estimate of drug-likeness (QED) is 0.724. The van der Waals surface area contributed by atoms with Crippen LogP contribution in [0.25, 0.3) is 11.0 Å². The molecule has 1 aliphatic carbocycles. The summed E-state index contributed by atoms with van der Waals surface area (Å²) in [6, 6.07) is 5.11. The van der Waals surface area contributed by atoms with Crippen molar-refractivity contribution >= 4 is 22.6 Å². The van der Waals surface area contributed by atoms with Crippen LogP contribution in [0, 0.1) is 11.7 Å². The van der Waals surface area contributed by atoms with Gasteiger partial charge in [-0.15, -0.1) is 11.6 Å². The van der Waals surface area contributed by atoms with E-state index in [0.29, 0.717) is 17.8 Å². The lowest BCUT2D eigenvalue weighted by Crippen LogP contribution is -2.20. The number of halogens is 2. The van der Waals surface area contributed by atoms with Crippen molar-refractivity contribution in [3.8, 4) is 0 Å². The second kappa shape index (κ2) is 5.72. The van der Waals surface area contributed by atoms with Gasteiger partial charge in [0, 0.05) is 6.04 Å². The first-order valence-corrected chi connectivity index (χ1v) is 7.96. The maximum atomic E-state index is 13.6. The Hall–Kier alpha value is -1.09. The number of nitrogens with zero attached hydrogens (tertiary/aromatic N) is 2. The van der Waals surface area contributed by atoms with Crippen molar-refractivity contribution in [1.29, 1.82) is 0 Å². The first kappa shape index (κ1) is 13.9. The zero-order valence-corrected chi connectivity index (χ0v) is 12.5. The minimum absolute atomic E-state index is 0.212. The van der Waals surface area contributed by atoms with Gasteiger partial charge in [0.1, 0.15) is 11.6 Å². The van der Waals surface area contributed by atoms with Gasteiger partial charge in [-0.05, 0) is 43.9 Å². The highest BCUT2D eigenvalue weighted by molar-refractivity contribution is 6.16. The van der Waals surface area contributed by atoms with Crippen molar-refractivity contribution in [2.45, 2.75) is 50.9 Å². The van der Waals surface area contributed by atoms with Crippen molar-refractivity contribution in [1.82, 2.24) is 9.55 Å². The van der Waals surface area contributed by atoms with E-state index in [2.05, 4.69) is 16.5 Å².